The van der Waals surface area contributed by atoms with E-state index in [2.05, 4.69) is 20.4 Å². The van der Waals surface area contributed by atoms with Crippen molar-refractivity contribution in [2.24, 2.45) is 0 Å². The number of nitrogens with zero attached hydrogens (tertiary/aromatic N) is 3. The first-order valence-electron chi connectivity index (χ1n) is 8.38. The van der Waals surface area contributed by atoms with Crippen LogP contribution in [0, 0.1) is 0 Å². The first-order valence-corrected chi connectivity index (χ1v) is 8.38. The molecule has 1 aromatic rings. The number of H-pyrrole nitrogens is 1. The maximum absolute atomic E-state index is 12.4. The molecule has 2 N–H and O–H groups in total. The van der Waals surface area contributed by atoms with Crippen LogP contribution in [0.3, 0.4) is 0 Å². The average Bonchev–Trinajstić information content (AvgIpc) is 3.03. The van der Waals surface area contributed by atoms with Gasteiger partial charge in [-0.25, -0.2) is 0 Å². The summed E-state index contributed by atoms with van der Waals surface area (Å²) >= 11 is 0. The van der Waals surface area contributed by atoms with Crippen LogP contribution in [0.4, 0.5) is 0 Å². The Hall–Kier alpha value is -1.89. The largest absolute Gasteiger partial charge is 0.353 e. The topological polar surface area (TPSA) is 81.3 Å². The molecule has 1 saturated heterocycles. The molecule has 23 heavy (non-hydrogen) atoms. The highest BCUT2D eigenvalue weighted by Gasteiger charge is 2.24. The number of hydrogen-bond donors (Lipinski definition) is 2. The number of aromatic amines is 1. The molecular formula is C16H27N5O2. The molecule has 1 aromatic heterocycles. The van der Waals surface area contributed by atoms with E-state index in [0.717, 1.165) is 18.5 Å². The van der Waals surface area contributed by atoms with E-state index in [1.54, 1.807) is 4.90 Å². The van der Waals surface area contributed by atoms with Crippen molar-refractivity contribution in [3.05, 3.63) is 17.5 Å². The van der Waals surface area contributed by atoms with E-state index in [9.17, 15) is 9.59 Å². The van der Waals surface area contributed by atoms with E-state index < -0.39 is 0 Å². The Balaban J connectivity index is 1.79. The number of carbonyl (C=O) groups excluding carboxylic acids is 2. The summed E-state index contributed by atoms with van der Waals surface area (Å²) in [7, 11) is 0. The van der Waals surface area contributed by atoms with E-state index >= 15 is 0 Å². The second-order valence-corrected chi connectivity index (χ2v) is 6.08. The lowest BCUT2D eigenvalue weighted by Gasteiger charge is -2.34. The van der Waals surface area contributed by atoms with Gasteiger partial charge in [0.2, 0.25) is 5.91 Å². The highest BCUT2D eigenvalue weighted by molar-refractivity contribution is 5.92. The van der Waals surface area contributed by atoms with Crippen molar-refractivity contribution >= 4 is 11.8 Å². The third-order valence-electron chi connectivity index (χ3n) is 4.28. The lowest BCUT2D eigenvalue weighted by atomic mass is 10.2. The first-order chi connectivity index (χ1) is 11.0. The Kier molecular flexibility index (Phi) is 6.15. The highest BCUT2D eigenvalue weighted by Crippen LogP contribution is 2.08. The summed E-state index contributed by atoms with van der Waals surface area (Å²) in [6.07, 6.45) is 1.76. The molecule has 1 unspecified atom stereocenters. The quantitative estimate of drug-likeness (QED) is 0.806. The Morgan fingerprint density at radius 2 is 2.00 bits per heavy atom. The van der Waals surface area contributed by atoms with Crippen molar-refractivity contribution in [3.63, 3.8) is 0 Å². The van der Waals surface area contributed by atoms with Gasteiger partial charge in [0, 0.05) is 37.9 Å². The molecule has 2 rings (SSSR count). The molecule has 2 heterocycles. The number of rotatable bonds is 6. The molecule has 0 aromatic carbocycles. The smallest absolute Gasteiger partial charge is 0.274 e. The fourth-order valence-corrected chi connectivity index (χ4v) is 2.55. The Labute approximate surface area is 137 Å². The fraction of sp³-hybridized carbons (Fsp3) is 0.688. The minimum atomic E-state index is -0.0374. The highest BCUT2D eigenvalue weighted by atomic mass is 16.2. The standard InChI is InChI=1S/C16H27N5O2/c1-4-12(3)17-15(22)11-20-6-8-21(9-7-20)16(23)14-10-13(5-2)18-19-14/h10,12H,4-9,11H2,1-3H3,(H,17,22)(H,18,19). The second kappa shape index (κ2) is 8.10. The molecule has 7 heteroatoms. The molecule has 1 fully saturated rings. The van der Waals surface area contributed by atoms with Gasteiger partial charge >= 0.3 is 0 Å². The third-order valence-corrected chi connectivity index (χ3v) is 4.28. The van der Waals surface area contributed by atoms with Crippen molar-refractivity contribution in [1.29, 1.82) is 0 Å². The fourth-order valence-electron chi connectivity index (χ4n) is 2.55. The first kappa shape index (κ1) is 17.5. The molecular weight excluding hydrogens is 294 g/mol. The SMILES string of the molecule is CCc1cc(C(=O)N2CCN(CC(=O)NC(C)CC)CC2)n[nH]1. The van der Waals surface area contributed by atoms with E-state index in [-0.39, 0.29) is 17.9 Å². The van der Waals surface area contributed by atoms with E-state index in [1.807, 2.05) is 26.8 Å². The van der Waals surface area contributed by atoms with Gasteiger partial charge in [0.05, 0.1) is 6.54 Å². The summed E-state index contributed by atoms with van der Waals surface area (Å²) < 4.78 is 0. The number of hydrogen-bond acceptors (Lipinski definition) is 4. The van der Waals surface area contributed by atoms with E-state index in [1.165, 1.54) is 0 Å². The van der Waals surface area contributed by atoms with Crippen LogP contribution in [-0.4, -0.2) is 70.6 Å². The second-order valence-electron chi connectivity index (χ2n) is 6.08. The van der Waals surface area contributed by atoms with Gasteiger partial charge in [-0.1, -0.05) is 13.8 Å². The maximum atomic E-state index is 12.4. The zero-order valence-electron chi connectivity index (χ0n) is 14.3. The predicted molar refractivity (Wildman–Crippen MR) is 88.2 cm³/mol. The summed E-state index contributed by atoms with van der Waals surface area (Å²) in [4.78, 5) is 28.2. The lowest BCUT2D eigenvalue weighted by Crippen LogP contribution is -2.51. The molecule has 0 aliphatic carbocycles. The van der Waals surface area contributed by atoms with Gasteiger partial charge in [0.15, 0.2) is 0 Å². The molecule has 128 valence electrons. The normalized spacial score (nSPS) is 17.1. The molecule has 2 amide bonds. The Morgan fingerprint density at radius 1 is 1.30 bits per heavy atom. The van der Waals surface area contributed by atoms with Gasteiger partial charge in [0.25, 0.3) is 5.91 Å². The predicted octanol–water partition coefficient (Wildman–Crippen LogP) is 0.645. The Morgan fingerprint density at radius 3 is 2.57 bits per heavy atom. The summed E-state index contributed by atoms with van der Waals surface area (Å²) in [6.45, 7) is 9.15. The molecule has 0 radical (unpaired) electrons. The van der Waals surface area contributed by atoms with Gasteiger partial charge in [-0.05, 0) is 25.8 Å². The number of aryl methyl sites for hydroxylation is 1. The Bertz CT molecular complexity index is 534. The molecule has 1 aliphatic rings. The summed E-state index contributed by atoms with van der Waals surface area (Å²) in [5.74, 6) is 0.0173. The molecule has 0 bridgehead atoms. The summed E-state index contributed by atoms with van der Waals surface area (Å²) in [5.41, 5.74) is 1.44. The third kappa shape index (κ3) is 4.79. The number of piperazine rings is 1. The van der Waals surface area contributed by atoms with Crippen molar-refractivity contribution in [2.45, 2.75) is 39.7 Å². The number of carbonyl (C=O) groups is 2. The minimum Gasteiger partial charge on any atom is -0.353 e. The zero-order chi connectivity index (χ0) is 16.8. The van der Waals surface area contributed by atoms with E-state index in [4.69, 9.17) is 0 Å². The van der Waals surface area contributed by atoms with Gasteiger partial charge < -0.3 is 10.2 Å². The summed E-state index contributed by atoms with van der Waals surface area (Å²) in [6, 6.07) is 2.02. The van der Waals surface area contributed by atoms with Crippen molar-refractivity contribution in [3.8, 4) is 0 Å². The maximum Gasteiger partial charge on any atom is 0.274 e. The molecule has 0 spiro atoms. The zero-order valence-corrected chi connectivity index (χ0v) is 14.3. The van der Waals surface area contributed by atoms with Crippen LogP contribution in [0.5, 0.6) is 0 Å². The van der Waals surface area contributed by atoms with Gasteiger partial charge in [-0.3, -0.25) is 19.6 Å². The van der Waals surface area contributed by atoms with Crippen molar-refractivity contribution in [2.75, 3.05) is 32.7 Å². The van der Waals surface area contributed by atoms with Crippen LogP contribution in [0.15, 0.2) is 6.07 Å². The average molecular weight is 321 g/mol. The van der Waals surface area contributed by atoms with Gasteiger partial charge in [0.1, 0.15) is 5.69 Å². The van der Waals surface area contributed by atoms with Crippen LogP contribution in [-0.2, 0) is 11.2 Å². The lowest BCUT2D eigenvalue weighted by molar-refractivity contribution is -0.123. The van der Waals surface area contributed by atoms with Gasteiger partial charge in [-0.15, -0.1) is 0 Å². The number of aromatic nitrogens is 2. The molecule has 0 saturated carbocycles. The molecule has 1 atom stereocenters. The van der Waals surface area contributed by atoms with Crippen LogP contribution in [0.2, 0.25) is 0 Å². The van der Waals surface area contributed by atoms with Crippen LogP contribution < -0.4 is 5.32 Å². The van der Waals surface area contributed by atoms with Crippen LogP contribution in [0.1, 0.15) is 43.4 Å². The summed E-state index contributed by atoms with van der Waals surface area (Å²) in [5, 5.41) is 9.92. The number of amides is 2. The molecule has 1 aliphatic heterocycles. The van der Waals surface area contributed by atoms with Crippen LogP contribution in [0.25, 0.3) is 0 Å². The van der Waals surface area contributed by atoms with Crippen LogP contribution >= 0.6 is 0 Å². The molecule has 7 nitrogen and oxygen atoms in total. The van der Waals surface area contributed by atoms with Gasteiger partial charge in [-0.2, -0.15) is 5.10 Å². The monoisotopic (exact) mass is 321 g/mol. The minimum absolute atomic E-state index is 0.0374. The number of nitrogens with one attached hydrogen (secondary N) is 2. The van der Waals surface area contributed by atoms with Crippen molar-refractivity contribution < 1.29 is 9.59 Å². The van der Waals surface area contributed by atoms with E-state index in [0.29, 0.717) is 38.4 Å². The van der Waals surface area contributed by atoms with Crippen molar-refractivity contribution in [1.82, 2.24) is 25.3 Å².